The molecule has 5 nitrogen and oxygen atoms in total. The van der Waals surface area contributed by atoms with Crippen molar-refractivity contribution in [1.82, 2.24) is 0 Å². The molecule has 0 saturated heterocycles. The van der Waals surface area contributed by atoms with Crippen LogP contribution in [0, 0.1) is 5.41 Å². The second kappa shape index (κ2) is 13.8. The van der Waals surface area contributed by atoms with E-state index in [4.69, 9.17) is 14.2 Å². The number of allylic oxidation sites excluding steroid dienone is 1. The molecule has 0 unspecified atom stereocenters. The number of carbonyl (C=O) groups excluding carboxylic acids is 2. The maximum Gasteiger partial charge on any atom is 0.311 e. The molecule has 0 aliphatic heterocycles. The molecule has 0 fully saturated rings. The smallest absolute Gasteiger partial charge is 0.311 e. The van der Waals surface area contributed by atoms with Gasteiger partial charge in [0.05, 0.1) is 24.2 Å². The number of unbranched alkanes of at least 4 members (excludes halogenated alkanes) is 3. The van der Waals surface area contributed by atoms with Crippen LogP contribution in [-0.2, 0) is 23.8 Å². The van der Waals surface area contributed by atoms with E-state index < -0.39 is 5.41 Å². The molecule has 0 aromatic rings. The standard InChI is InChI=1S/C22H40O5/c1-7-25-20(24)21(3,4)15-11-9-13-17-26-19(18-23)14-10-12-16-22(5,6)27-8-2/h7-17H2,1-6H3. The lowest BCUT2D eigenvalue weighted by Crippen LogP contribution is -2.26. The Hall–Kier alpha value is -1.32. The Morgan fingerprint density at radius 2 is 1.52 bits per heavy atom. The van der Waals surface area contributed by atoms with Crippen molar-refractivity contribution in [3.8, 4) is 0 Å². The zero-order valence-electron chi connectivity index (χ0n) is 18.3. The number of rotatable bonds is 16. The average molecular weight is 385 g/mol. The van der Waals surface area contributed by atoms with Crippen molar-refractivity contribution in [2.45, 2.75) is 98.5 Å². The molecule has 0 atom stereocenters. The van der Waals surface area contributed by atoms with Gasteiger partial charge in [0.2, 0.25) is 0 Å². The fourth-order valence-electron chi connectivity index (χ4n) is 2.92. The fraction of sp³-hybridized carbons (Fsp3) is 0.864. The Balaban J connectivity index is 3.87. The van der Waals surface area contributed by atoms with Gasteiger partial charge >= 0.3 is 5.97 Å². The molecular weight excluding hydrogens is 344 g/mol. The summed E-state index contributed by atoms with van der Waals surface area (Å²) in [5.74, 6) is 2.20. The predicted octanol–water partition coefficient (Wildman–Crippen LogP) is 5.24. The summed E-state index contributed by atoms with van der Waals surface area (Å²) in [5.41, 5.74) is -0.558. The van der Waals surface area contributed by atoms with Crippen molar-refractivity contribution >= 4 is 11.9 Å². The third kappa shape index (κ3) is 12.6. The van der Waals surface area contributed by atoms with E-state index in [0.717, 1.165) is 44.9 Å². The summed E-state index contributed by atoms with van der Waals surface area (Å²) >= 11 is 0. The van der Waals surface area contributed by atoms with Crippen LogP contribution in [0.4, 0.5) is 0 Å². The number of esters is 1. The number of carbonyl (C=O) groups is 1. The maximum absolute atomic E-state index is 11.8. The van der Waals surface area contributed by atoms with Crippen LogP contribution < -0.4 is 0 Å². The summed E-state index contributed by atoms with van der Waals surface area (Å²) in [6, 6.07) is 0. The molecule has 0 aromatic carbocycles. The van der Waals surface area contributed by atoms with E-state index >= 15 is 0 Å². The van der Waals surface area contributed by atoms with Gasteiger partial charge in [-0.15, -0.1) is 0 Å². The lowest BCUT2D eigenvalue weighted by molar-refractivity contribution is -0.153. The van der Waals surface area contributed by atoms with E-state index in [-0.39, 0.29) is 11.6 Å². The Kier molecular flexibility index (Phi) is 13.1. The van der Waals surface area contributed by atoms with Crippen molar-refractivity contribution < 1.29 is 23.8 Å². The van der Waals surface area contributed by atoms with Crippen LogP contribution >= 0.6 is 0 Å². The lowest BCUT2D eigenvalue weighted by atomic mass is 9.87. The van der Waals surface area contributed by atoms with E-state index in [2.05, 4.69) is 13.8 Å². The van der Waals surface area contributed by atoms with Crippen LogP contribution in [0.3, 0.4) is 0 Å². The van der Waals surface area contributed by atoms with Crippen LogP contribution in [0.15, 0.2) is 5.76 Å². The van der Waals surface area contributed by atoms with Gasteiger partial charge in [0, 0.05) is 13.0 Å². The Bertz CT molecular complexity index is 461. The lowest BCUT2D eigenvalue weighted by Gasteiger charge is -2.24. The molecule has 158 valence electrons. The molecule has 0 amide bonds. The second-order valence-corrected chi connectivity index (χ2v) is 8.19. The highest BCUT2D eigenvalue weighted by atomic mass is 16.5. The van der Waals surface area contributed by atoms with Crippen molar-refractivity contribution in [3.63, 3.8) is 0 Å². The van der Waals surface area contributed by atoms with Crippen LogP contribution in [0.5, 0.6) is 0 Å². The van der Waals surface area contributed by atoms with Gasteiger partial charge in [0.1, 0.15) is 0 Å². The molecule has 0 N–H and O–H groups in total. The maximum atomic E-state index is 11.8. The van der Waals surface area contributed by atoms with Gasteiger partial charge in [-0.1, -0.05) is 19.3 Å². The normalized spacial score (nSPS) is 11.8. The monoisotopic (exact) mass is 384 g/mol. The van der Waals surface area contributed by atoms with Crippen molar-refractivity contribution in [2.24, 2.45) is 5.41 Å². The molecule has 0 radical (unpaired) electrons. The van der Waals surface area contributed by atoms with E-state index in [9.17, 15) is 9.59 Å². The first-order chi connectivity index (χ1) is 12.7. The van der Waals surface area contributed by atoms with Gasteiger partial charge in [-0.25, -0.2) is 4.79 Å². The molecule has 0 rings (SSSR count). The van der Waals surface area contributed by atoms with Crippen LogP contribution in [0.25, 0.3) is 0 Å². The SMILES string of the molecule is CCOC(=O)C(C)(C)CCCCCOC(=C=O)CCCCC(C)(C)OCC. The van der Waals surface area contributed by atoms with Gasteiger partial charge in [0.25, 0.3) is 0 Å². The van der Waals surface area contributed by atoms with Gasteiger partial charge in [-0.2, -0.15) is 0 Å². The number of ether oxygens (including phenoxy) is 3. The molecule has 0 aliphatic rings. The highest BCUT2D eigenvalue weighted by Crippen LogP contribution is 2.25. The number of hydrogen-bond donors (Lipinski definition) is 0. The molecule has 0 bridgehead atoms. The Labute approximate surface area is 165 Å². The molecule has 27 heavy (non-hydrogen) atoms. The summed E-state index contributed by atoms with van der Waals surface area (Å²) in [4.78, 5) is 22.9. The minimum absolute atomic E-state index is 0.113. The molecule has 5 heteroatoms. The summed E-state index contributed by atoms with van der Waals surface area (Å²) in [6.45, 7) is 13.5. The predicted molar refractivity (Wildman–Crippen MR) is 108 cm³/mol. The second-order valence-electron chi connectivity index (χ2n) is 8.19. The Morgan fingerprint density at radius 3 is 2.11 bits per heavy atom. The third-order valence-corrected chi connectivity index (χ3v) is 4.63. The molecule has 0 saturated carbocycles. The van der Waals surface area contributed by atoms with Gasteiger partial charge in [-0.3, -0.25) is 4.79 Å². The highest BCUT2D eigenvalue weighted by Gasteiger charge is 2.28. The minimum Gasteiger partial charge on any atom is -0.487 e. The van der Waals surface area contributed by atoms with Gasteiger partial charge in [0.15, 0.2) is 11.7 Å². The minimum atomic E-state index is -0.444. The molecule has 0 heterocycles. The van der Waals surface area contributed by atoms with E-state index in [1.54, 1.807) is 0 Å². The summed E-state index contributed by atoms with van der Waals surface area (Å²) in [7, 11) is 0. The summed E-state index contributed by atoms with van der Waals surface area (Å²) in [6.07, 6.45) is 7.02. The first kappa shape index (κ1) is 25.7. The number of hydrogen-bond acceptors (Lipinski definition) is 5. The van der Waals surface area contributed by atoms with E-state index in [0.29, 0.717) is 32.0 Å². The fourth-order valence-corrected chi connectivity index (χ4v) is 2.92. The van der Waals surface area contributed by atoms with Gasteiger partial charge < -0.3 is 14.2 Å². The third-order valence-electron chi connectivity index (χ3n) is 4.63. The van der Waals surface area contributed by atoms with Crippen LogP contribution in [-0.4, -0.2) is 37.3 Å². The summed E-state index contributed by atoms with van der Waals surface area (Å²) < 4.78 is 16.3. The Morgan fingerprint density at radius 1 is 0.852 bits per heavy atom. The zero-order chi connectivity index (χ0) is 20.8. The van der Waals surface area contributed by atoms with Crippen LogP contribution in [0.2, 0.25) is 0 Å². The zero-order valence-corrected chi connectivity index (χ0v) is 18.3. The topological polar surface area (TPSA) is 61.8 Å². The first-order valence-corrected chi connectivity index (χ1v) is 10.4. The first-order valence-electron chi connectivity index (χ1n) is 10.4. The molecular formula is C22H40O5. The highest BCUT2D eigenvalue weighted by molar-refractivity contribution is 5.75. The van der Waals surface area contributed by atoms with Gasteiger partial charge in [-0.05, 0) is 67.2 Å². The van der Waals surface area contributed by atoms with Crippen LogP contribution in [0.1, 0.15) is 92.9 Å². The molecule has 0 aliphatic carbocycles. The van der Waals surface area contributed by atoms with E-state index in [1.807, 2.05) is 33.6 Å². The molecule has 0 aromatic heterocycles. The van der Waals surface area contributed by atoms with E-state index in [1.165, 1.54) is 0 Å². The summed E-state index contributed by atoms with van der Waals surface area (Å²) in [5, 5.41) is 0. The quantitative estimate of drug-likeness (QED) is 0.157. The molecule has 0 spiro atoms. The van der Waals surface area contributed by atoms with Crippen molar-refractivity contribution in [2.75, 3.05) is 19.8 Å². The largest absolute Gasteiger partial charge is 0.487 e. The van der Waals surface area contributed by atoms with Crippen molar-refractivity contribution in [1.29, 1.82) is 0 Å². The average Bonchev–Trinajstić information content (AvgIpc) is 2.59. The van der Waals surface area contributed by atoms with Crippen molar-refractivity contribution in [3.05, 3.63) is 5.76 Å².